The minimum Gasteiger partial charge on any atom is -0.508 e. The average Bonchev–Trinajstić information content (AvgIpc) is 2.80. The number of phenolic OH excluding ortho intramolecular Hbond substituents is 1. The van der Waals surface area contributed by atoms with E-state index in [2.05, 4.69) is 0 Å². The molecule has 0 unspecified atom stereocenters. The molecule has 1 aliphatic carbocycles. The zero-order chi connectivity index (χ0) is 22.9. The average molecular weight is 451 g/mol. The van der Waals surface area contributed by atoms with Crippen LogP contribution >= 0.6 is 0 Å². The van der Waals surface area contributed by atoms with Gasteiger partial charge >= 0.3 is 5.97 Å². The second kappa shape index (κ2) is 8.98. The first-order valence-electron chi connectivity index (χ1n) is 11.3. The molecule has 1 aliphatic heterocycles. The molecule has 1 saturated heterocycles. The maximum Gasteiger partial charge on any atom is 0.308 e. The molecule has 6 nitrogen and oxygen atoms in total. The molecule has 1 N–H and O–H groups in total. The summed E-state index contributed by atoms with van der Waals surface area (Å²) in [5.41, 5.74) is 3.38. The third-order valence-corrected chi connectivity index (χ3v) is 6.64. The standard InChI is InChI=1S/C26H26FNO5/c1-31-26(30)17-12-20(13-17)33-25-24(16-8-10-32-11-9-16)23(15-2-4-18(27)5-3-15)21-7-6-19(29)14-22(21)28-25/h2-7,14,16-17,20,29H,8-13H2,1H3. The topological polar surface area (TPSA) is 77.9 Å². The number of fused-ring (bicyclic) bond motifs is 1. The van der Waals surface area contributed by atoms with Gasteiger partial charge in [0.1, 0.15) is 17.7 Å². The molecule has 172 valence electrons. The highest BCUT2D eigenvalue weighted by molar-refractivity contribution is 5.98. The Kier molecular flexibility index (Phi) is 5.89. The van der Waals surface area contributed by atoms with E-state index < -0.39 is 0 Å². The highest BCUT2D eigenvalue weighted by atomic mass is 19.1. The van der Waals surface area contributed by atoms with E-state index in [1.807, 2.05) is 6.07 Å². The summed E-state index contributed by atoms with van der Waals surface area (Å²) in [4.78, 5) is 16.6. The van der Waals surface area contributed by atoms with Crippen LogP contribution in [-0.4, -0.2) is 42.5 Å². The van der Waals surface area contributed by atoms with Crippen molar-refractivity contribution in [3.8, 4) is 22.8 Å². The van der Waals surface area contributed by atoms with Crippen molar-refractivity contribution in [2.75, 3.05) is 20.3 Å². The van der Waals surface area contributed by atoms with E-state index in [0.29, 0.717) is 37.5 Å². The Balaban J connectivity index is 1.64. The fourth-order valence-electron chi connectivity index (χ4n) is 4.81. The van der Waals surface area contributed by atoms with Crippen molar-refractivity contribution in [1.82, 2.24) is 4.98 Å². The molecule has 0 spiro atoms. The Morgan fingerprint density at radius 3 is 2.55 bits per heavy atom. The van der Waals surface area contributed by atoms with Crippen molar-refractivity contribution in [1.29, 1.82) is 0 Å². The summed E-state index contributed by atoms with van der Waals surface area (Å²) in [7, 11) is 1.39. The first kappa shape index (κ1) is 21.6. The number of carbonyl (C=O) groups is 1. The molecule has 1 aromatic heterocycles. The summed E-state index contributed by atoms with van der Waals surface area (Å²) in [6.45, 7) is 1.29. The van der Waals surface area contributed by atoms with Gasteiger partial charge in [-0.25, -0.2) is 9.37 Å². The van der Waals surface area contributed by atoms with E-state index in [0.717, 1.165) is 34.9 Å². The van der Waals surface area contributed by atoms with Crippen LogP contribution in [0, 0.1) is 11.7 Å². The fourth-order valence-corrected chi connectivity index (χ4v) is 4.81. The lowest BCUT2D eigenvalue weighted by Crippen LogP contribution is -2.39. The number of rotatable bonds is 5. The number of esters is 1. The molecule has 0 atom stereocenters. The third kappa shape index (κ3) is 4.25. The Bertz CT molecular complexity index is 1170. The van der Waals surface area contributed by atoms with Crippen molar-refractivity contribution in [2.24, 2.45) is 5.92 Å². The van der Waals surface area contributed by atoms with Crippen LogP contribution in [0.1, 0.15) is 37.2 Å². The van der Waals surface area contributed by atoms with Gasteiger partial charge < -0.3 is 19.3 Å². The highest BCUT2D eigenvalue weighted by Crippen LogP contribution is 2.45. The molecule has 3 aromatic rings. The van der Waals surface area contributed by atoms with Crippen LogP contribution < -0.4 is 4.74 Å². The number of halogens is 1. The number of ether oxygens (including phenoxy) is 3. The number of hydrogen-bond acceptors (Lipinski definition) is 6. The zero-order valence-electron chi connectivity index (χ0n) is 18.4. The summed E-state index contributed by atoms with van der Waals surface area (Å²) in [6, 6.07) is 11.5. The maximum atomic E-state index is 13.7. The predicted octanol–water partition coefficient (Wildman–Crippen LogP) is 4.97. The van der Waals surface area contributed by atoms with Crippen molar-refractivity contribution in [3.63, 3.8) is 0 Å². The van der Waals surface area contributed by atoms with Gasteiger partial charge in [-0.05, 0) is 67.0 Å². The Labute approximate surface area is 191 Å². The van der Waals surface area contributed by atoms with Gasteiger partial charge in [-0.1, -0.05) is 12.1 Å². The molecule has 1 saturated carbocycles. The molecular weight excluding hydrogens is 425 g/mol. The molecule has 0 bridgehead atoms. The van der Waals surface area contributed by atoms with Crippen LogP contribution in [0.15, 0.2) is 42.5 Å². The van der Waals surface area contributed by atoms with E-state index in [-0.39, 0.29) is 35.5 Å². The lowest BCUT2D eigenvalue weighted by molar-refractivity contribution is -0.151. The number of nitrogens with zero attached hydrogens (tertiary/aromatic N) is 1. The summed E-state index contributed by atoms with van der Waals surface area (Å²) < 4.78 is 30.6. The third-order valence-electron chi connectivity index (χ3n) is 6.64. The Morgan fingerprint density at radius 1 is 1.12 bits per heavy atom. The Morgan fingerprint density at radius 2 is 1.85 bits per heavy atom. The molecular formula is C26H26FNO5. The van der Waals surface area contributed by atoms with Gasteiger partial charge in [-0.15, -0.1) is 0 Å². The van der Waals surface area contributed by atoms with Crippen LogP contribution in [0.5, 0.6) is 11.6 Å². The molecule has 5 rings (SSSR count). The van der Waals surface area contributed by atoms with E-state index in [1.54, 1.807) is 24.3 Å². The van der Waals surface area contributed by atoms with E-state index in [4.69, 9.17) is 19.2 Å². The summed E-state index contributed by atoms with van der Waals surface area (Å²) >= 11 is 0. The lowest BCUT2D eigenvalue weighted by atomic mass is 9.82. The van der Waals surface area contributed by atoms with Crippen molar-refractivity contribution >= 4 is 16.9 Å². The SMILES string of the molecule is COC(=O)C1CC(Oc2nc3cc(O)ccc3c(-c3ccc(F)cc3)c2C2CCOCC2)C1. The lowest BCUT2D eigenvalue weighted by Gasteiger charge is -2.35. The predicted molar refractivity (Wildman–Crippen MR) is 121 cm³/mol. The molecule has 2 heterocycles. The number of phenols is 1. The monoisotopic (exact) mass is 451 g/mol. The summed E-state index contributed by atoms with van der Waals surface area (Å²) in [5, 5.41) is 11.0. The van der Waals surface area contributed by atoms with Gasteiger partial charge in [0.05, 0.1) is 18.5 Å². The van der Waals surface area contributed by atoms with E-state index in [1.165, 1.54) is 19.2 Å². The summed E-state index contributed by atoms with van der Waals surface area (Å²) in [5.74, 6) is 0.0977. The normalized spacial score (nSPS) is 20.9. The van der Waals surface area contributed by atoms with E-state index in [9.17, 15) is 14.3 Å². The van der Waals surface area contributed by atoms with Gasteiger partial charge in [-0.3, -0.25) is 4.79 Å². The molecule has 2 aliphatic rings. The second-order valence-electron chi connectivity index (χ2n) is 8.73. The van der Waals surface area contributed by atoms with Crippen LogP contribution in [0.3, 0.4) is 0 Å². The number of pyridine rings is 1. The molecule has 0 amide bonds. The largest absolute Gasteiger partial charge is 0.508 e. The number of methoxy groups -OCH3 is 1. The maximum absolute atomic E-state index is 13.7. The Hall–Kier alpha value is -3.19. The zero-order valence-corrected chi connectivity index (χ0v) is 18.4. The van der Waals surface area contributed by atoms with Gasteiger partial charge in [0, 0.05) is 30.2 Å². The van der Waals surface area contributed by atoms with Crippen LogP contribution in [-0.2, 0) is 14.3 Å². The van der Waals surface area contributed by atoms with Crippen molar-refractivity contribution in [3.05, 3.63) is 53.8 Å². The highest BCUT2D eigenvalue weighted by Gasteiger charge is 2.38. The first-order chi connectivity index (χ1) is 16.0. The number of aromatic nitrogens is 1. The first-order valence-corrected chi connectivity index (χ1v) is 11.3. The smallest absolute Gasteiger partial charge is 0.308 e. The van der Waals surface area contributed by atoms with Crippen LogP contribution in [0.2, 0.25) is 0 Å². The molecule has 2 fully saturated rings. The molecule has 7 heteroatoms. The van der Waals surface area contributed by atoms with Gasteiger partial charge in [0.25, 0.3) is 0 Å². The van der Waals surface area contributed by atoms with Gasteiger partial charge in [0.15, 0.2) is 0 Å². The number of aromatic hydroxyl groups is 1. The molecule has 0 radical (unpaired) electrons. The molecule has 2 aromatic carbocycles. The minimum atomic E-state index is -0.304. The van der Waals surface area contributed by atoms with Crippen LogP contribution in [0.4, 0.5) is 4.39 Å². The number of carbonyl (C=O) groups excluding carboxylic acids is 1. The fraction of sp³-hybridized carbons (Fsp3) is 0.385. The van der Waals surface area contributed by atoms with E-state index >= 15 is 0 Å². The molecule has 33 heavy (non-hydrogen) atoms. The van der Waals surface area contributed by atoms with Gasteiger partial charge in [0.2, 0.25) is 5.88 Å². The second-order valence-corrected chi connectivity index (χ2v) is 8.73. The van der Waals surface area contributed by atoms with Crippen LogP contribution in [0.25, 0.3) is 22.0 Å². The van der Waals surface area contributed by atoms with Gasteiger partial charge in [-0.2, -0.15) is 0 Å². The number of hydrogen-bond donors (Lipinski definition) is 1. The minimum absolute atomic E-state index is 0.110. The quantitative estimate of drug-likeness (QED) is 0.552. The summed E-state index contributed by atoms with van der Waals surface area (Å²) in [6.07, 6.45) is 2.66. The number of benzene rings is 2. The van der Waals surface area contributed by atoms with Crippen molar-refractivity contribution < 1.29 is 28.5 Å². The van der Waals surface area contributed by atoms with Crippen molar-refractivity contribution in [2.45, 2.75) is 37.7 Å².